The number of carbonyl (C=O) groups excluding carboxylic acids is 1. The Kier molecular flexibility index (Phi) is 6.59. The maximum absolute atomic E-state index is 11.8. The number of nitrogens with zero attached hydrogens (tertiary/aromatic N) is 3. The fraction of sp³-hybridized carbons (Fsp3) is 0.150. The van der Waals surface area contributed by atoms with Crippen molar-refractivity contribution in [1.82, 2.24) is 4.98 Å². The molecule has 0 amide bonds. The lowest BCUT2D eigenvalue weighted by molar-refractivity contribution is -0.384. The van der Waals surface area contributed by atoms with Gasteiger partial charge in [0.05, 0.1) is 28.5 Å². The van der Waals surface area contributed by atoms with Crippen molar-refractivity contribution < 1.29 is 14.5 Å². The van der Waals surface area contributed by atoms with Crippen LogP contribution >= 0.6 is 23.1 Å². The first-order valence-electron chi connectivity index (χ1n) is 8.55. The third-order valence-corrected chi connectivity index (χ3v) is 5.74. The summed E-state index contributed by atoms with van der Waals surface area (Å²) in [4.78, 5) is 27.7. The van der Waals surface area contributed by atoms with Gasteiger partial charge in [-0.25, -0.2) is 4.98 Å². The van der Waals surface area contributed by atoms with E-state index in [2.05, 4.69) is 11.1 Å². The number of nitro groups is 1. The van der Waals surface area contributed by atoms with Crippen LogP contribution < -0.4 is 0 Å². The molecule has 0 aliphatic carbocycles. The Morgan fingerprint density at radius 3 is 2.69 bits per heavy atom. The molecule has 0 radical (unpaired) electrons. The van der Waals surface area contributed by atoms with Gasteiger partial charge in [0, 0.05) is 28.1 Å². The molecule has 0 bridgehead atoms. The molecule has 146 valence electrons. The van der Waals surface area contributed by atoms with Crippen LogP contribution in [0.4, 0.5) is 5.69 Å². The summed E-state index contributed by atoms with van der Waals surface area (Å²) >= 11 is 2.62. The highest BCUT2D eigenvalue weighted by Gasteiger charge is 2.18. The zero-order chi connectivity index (χ0) is 20.8. The zero-order valence-corrected chi connectivity index (χ0v) is 17.0. The zero-order valence-electron chi connectivity index (χ0n) is 15.3. The summed E-state index contributed by atoms with van der Waals surface area (Å²) in [6.45, 7) is 2.01. The lowest BCUT2D eigenvalue weighted by atomic mass is 10.0. The maximum Gasteiger partial charge on any atom is 0.316 e. The molecule has 3 aromatic rings. The number of carbonyl (C=O) groups is 1. The van der Waals surface area contributed by atoms with Gasteiger partial charge in [-0.15, -0.1) is 11.3 Å². The maximum atomic E-state index is 11.8. The number of hydrogen-bond acceptors (Lipinski definition) is 8. The van der Waals surface area contributed by atoms with Crippen molar-refractivity contribution in [2.24, 2.45) is 0 Å². The van der Waals surface area contributed by atoms with Crippen molar-refractivity contribution >= 4 is 34.8 Å². The summed E-state index contributed by atoms with van der Waals surface area (Å²) in [5.74, 6) is -0.357. The number of esters is 1. The van der Waals surface area contributed by atoms with Gasteiger partial charge in [0.2, 0.25) is 0 Å². The van der Waals surface area contributed by atoms with Crippen LogP contribution in [0, 0.1) is 21.4 Å². The van der Waals surface area contributed by atoms with Crippen LogP contribution in [-0.4, -0.2) is 28.2 Å². The van der Waals surface area contributed by atoms with Crippen LogP contribution in [0.2, 0.25) is 0 Å². The lowest BCUT2D eigenvalue weighted by Gasteiger charge is -2.11. The number of hydrogen-bond donors (Lipinski definition) is 0. The minimum absolute atomic E-state index is 0.0159. The summed E-state index contributed by atoms with van der Waals surface area (Å²) in [5, 5.41) is 23.0. The highest BCUT2D eigenvalue weighted by Crippen LogP contribution is 2.36. The van der Waals surface area contributed by atoms with E-state index < -0.39 is 4.92 Å². The topological polar surface area (TPSA) is 106 Å². The van der Waals surface area contributed by atoms with Crippen molar-refractivity contribution in [2.75, 3.05) is 12.4 Å². The smallest absolute Gasteiger partial charge is 0.316 e. The molecular weight excluding hydrogens is 410 g/mol. The lowest BCUT2D eigenvalue weighted by Crippen LogP contribution is -2.07. The molecule has 0 spiro atoms. The molecule has 0 aliphatic heterocycles. The summed E-state index contributed by atoms with van der Waals surface area (Å²) < 4.78 is 4.96. The van der Waals surface area contributed by atoms with E-state index in [0.717, 1.165) is 16.6 Å². The molecule has 29 heavy (non-hydrogen) atoms. The molecule has 9 heteroatoms. The highest BCUT2D eigenvalue weighted by atomic mass is 32.2. The minimum atomic E-state index is -0.465. The summed E-state index contributed by atoms with van der Waals surface area (Å²) in [7, 11) is 0. The summed E-state index contributed by atoms with van der Waals surface area (Å²) in [6.07, 6.45) is 0. The highest BCUT2D eigenvalue weighted by molar-refractivity contribution is 7.99. The van der Waals surface area contributed by atoms with Gasteiger partial charge >= 0.3 is 5.97 Å². The summed E-state index contributed by atoms with van der Waals surface area (Å²) in [6, 6.07) is 13.8. The Bertz CT molecular complexity index is 1070. The van der Waals surface area contributed by atoms with Gasteiger partial charge in [0.1, 0.15) is 11.1 Å². The number of benzene rings is 1. The first kappa shape index (κ1) is 20.5. The quantitative estimate of drug-likeness (QED) is 0.229. The predicted molar refractivity (Wildman–Crippen MR) is 112 cm³/mol. The molecule has 0 saturated heterocycles. The predicted octanol–water partition coefficient (Wildman–Crippen LogP) is 4.91. The molecule has 0 saturated carbocycles. The number of thiophene rings is 1. The van der Waals surface area contributed by atoms with Crippen LogP contribution in [0.3, 0.4) is 0 Å². The van der Waals surface area contributed by atoms with Crippen LogP contribution in [0.15, 0.2) is 52.9 Å². The van der Waals surface area contributed by atoms with Crippen molar-refractivity contribution in [3.8, 4) is 27.8 Å². The molecule has 0 unspecified atom stereocenters. The van der Waals surface area contributed by atoms with Gasteiger partial charge in [-0.2, -0.15) is 5.26 Å². The molecule has 3 rings (SSSR count). The molecular formula is C20H15N3O4S2. The number of pyridine rings is 1. The second-order valence-electron chi connectivity index (χ2n) is 5.72. The third kappa shape index (κ3) is 4.80. The van der Waals surface area contributed by atoms with E-state index in [-0.39, 0.29) is 24.0 Å². The van der Waals surface area contributed by atoms with Crippen molar-refractivity contribution in [3.05, 3.63) is 63.5 Å². The van der Waals surface area contributed by atoms with Crippen LogP contribution in [0.25, 0.3) is 21.7 Å². The van der Waals surface area contributed by atoms with Gasteiger partial charge < -0.3 is 4.74 Å². The van der Waals surface area contributed by atoms with E-state index in [1.165, 1.54) is 23.5 Å². The number of rotatable bonds is 7. The van der Waals surface area contributed by atoms with E-state index in [4.69, 9.17) is 4.74 Å². The second-order valence-corrected chi connectivity index (χ2v) is 7.63. The largest absolute Gasteiger partial charge is 0.465 e. The summed E-state index contributed by atoms with van der Waals surface area (Å²) in [5.41, 5.74) is 2.31. The van der Waals surface area contributed by atoms with Crippen LogP contribution in [0.5, 0.6) is 0 Å². The Morgan fingerprint density at radius 2 is 2.10 bits per heavy atom. The number of non-ortho nitro benzene ring substituents is 1. The average Bonchev–Trinajstić information content (AvgIpc) is 3.26. The molecule has 1 aromatic carbocycles. The number of aromatic nitrogens is 1. The Morgan fingerprint density at radius 1 is 1.34 bits per heavy atom. The fourth-order valence-corrected chi connectivity index (χ4v) is 4.14. The monoisotopic (exact) mass is 425 g/mol. The Hall–Kier alpha value is -3.22. The van der Waals surface area contributed by atoms with Crippen LogP contribution in [0.1, 0.15) is 12.5 Å². The molecule has 7 nitrogen and oxygen atoms in total. The van der Waals surface area contributed by atoms with Gasteiger partial charge in [-0.3, -0.25) is 14.9 Å². The Balaban J connectivity index is 2.07. The van der Waals surface area contributed by atoms with E-state index in [1.807, 2.05) is 17.5 Å². The van der Waals surface area contributed by atoms with E-state index in [1.54, 1.807) is 25.1 Å². The molecule has 0 atom stereocenters. The van der Waals surface area contributed by atoms with E-state index in [0.29, 0.717) is 27.4 Å². The third-order valence-electron chi connectivity index (χ3n) is 3.89. The normalized spacial score (nSPS) is 10.3. The number of nitro benzene ring substituents is 1. The Labute approximate surface area is 175 Å². The van der Waals surface area contributed by atoms with Crippen molar-refractivity contribution in [3.63, 3.8) is 0 Å². The second kappa shape index (κ2) is 9.32. The standard InChI is InChI=1S/C20H15N3O4S2/c1-2-27-19(24)12-29-20-16(11-21)15(18-4-3-9-28-18)10-17(22-20)13-5-7-14(8-6-13)23(25)26/h3-10H,2,12H2,1H3. The molecule has 0 aliphatic rings. The van der Waals surface area contributed by atoms with Gasteiger partial charge in [-0.05, 0) is 36.6 Å². The molecule has 0 N–H and O–H groups in total. The van der Waals surface area contributed by atoms with Gasteiger partial charge in [-0.1, -0.05) is 17.8 Å². The van der Waals surface area contributed by atoms with E-state index >= 15 is 0 Å². The fourth-order valence-electron chi connectivity index (χ4n) is 2.59. The number of thioether (sulfide) groups is 1. The van der Waals surface area contributed by atoms with Crippen molar-refractivity contribution in [2.45, 2.75) is 11.9 Å². The first-order valence-corrected chi connectivity index (χ1v) is 10.4. The minimum Gasteiger partial charge on any atom is -0.465 e. The van der Waals surface area contributed by atoms with Gasteiger partial charge in [0.25, 0.3) is 5.69 Å². The average molecular weight is 425 g/mol. The van der Waals surface area contributed by atoms with Gasteiger partial charge in [0.15, 0.2) is 0 Å². The van der Waals surface area contributed by atoms with E-state index in [9.17, 15) is 20.2 Å². The SMILES string of the molecule is CCOC(=O)CSc1nc(-c2ccc([N+](=O)[O-])cc2)cc(-c2cccs2)c1C#N. The number of ether oxygens (including phenoxy) is 1. The molecule has 0 fully saturated rings. The van der Waals surface area contributed by atoms with Crippen LogP contribution in [-0.2, 0) is 9.53 Å². The first-order chi connectivity index (χ1) is 14.0. The van der Waals surface area contributed by atoms with Crippen molar-refractivity contribution in [1.29, 1.82) is 5.26 Å². The number of nitriles is 1. The molecule has 2 aromatic heterocycles. The molecule has 2 heterocycles.